The molecule has 2 aromatic carbocycles. The highest BCUT2D eigenvalue weighted by atomic mass is 35.5. The smallest absolute Gasteiger partial charge is 0.260 e. The molecule has 0 heterocycles. The predicted molar refractivity (Wildman–Crippen MR) is 107 cm³/mol. The van der Waals surface area contributed by atoms with Crippen LogP contribution in [0.5, 0.6) is 17.2 Å². The van der Waals surface area contributed by atoms with Gasteiger partial charge >= 0.3 is 0 Å². The predicted octanol–water partition coefficient (Wildman–Crippen LogP) is 4.05. The van der Waals surface area contributed by atoms with Crippen LogP contribution < -0.4 is 14.2 Å². The van der Waals surface area contributed by atoms with Gasteiger partial charge in [-0.15, -0.1) is 0 Å². The van der Waals surface area contributed by atoms with Crippen molar-refractivity contribution < 1.29 is 19.0 Å². The van der Waals surface area contributed by atoms with E-state index in [-0.39, 0.29) is 12.5 Å². The summed E-state index contributed by atoms with van der Waals surface area (Å²) in [6.07, 6.45) is 0. The molecular weight excluding hydrogens is 380 g/mol. The van der Waals surface area contributed by atoms with Gasteiger partial charge in [0.15, 0.2) is 18.1 Å². The van der Waals surface area contributed by atoms with E-state index in [0.717, 1.165) is 5.56 Å². The molecule has 7 heteroatoms. The van der Waals surface area contributed by atoms with Crippen LogP contribution >= 0.6 is 11.6 Å². The van der Waals surface area contributed by atoms with Gasteiger partial charge in [-0.05, 0) is 49.7 Å². The minimum atomic E-state index is -0.171. The molecule has 0 aliphatic rings. The minimum absolute atomic E-state index is 0.145. The molecule has 0 atom stereocenters. The topological polar surface area (TPSA) is 71.8 Å². The SMILES string of the molecule is CCOc1ccc(CN(CC)C(=O)COc2ccc(C#N)cc2Cl)cc1OC. The molecule has 0 unspecified atom stereocenters. The summed E-state index contributed by atoms with van der Waals surface area (Å²) in [5.74, 6) is 1.49. The Morgan fingerprint density at radius 3 is 2.46 bits per heavy atom. The second kappa shape index (κ2) is 10.4. The number of halogens is 1. The molecule has 2 rings (SSSR count). The first-order valence-electron chi connectivity index (χ1n) is 8.92. The van der Waals surface area contributed by atoms with Gasteiger partial charge in [-0.1, -0.05) is 17.7 Å². The Balaban J connectivity index is 2.02. The summed E-state index contributed by atoms with van der Waals surface area (Å²) in [6.45, 7) is 5.16. The molecule has 0 bridgehead atoms. The number of carbonyl (C=O) groups excluding carboxylic acids is 1. The van der Waals surface area contributed by atoms with Crippen LogP contribution in [-0.4, -0.2) is 37.7 Å². The summed E-state index contributed by atoms with van der Waals surface area (Å²) >= 11 is 6.08. The van der Waals surface area contributed by atoms with Gasteiger partial charge in [-0.2, -0.15) is 5.26 Å². The number of methoxy groups -OCH3 is 1. The van der Waals surface area contributed by atoms with Crippen molar-refractivity contribution >= 4 is 17.5 Å². The molecule has 0 fully saturated rings. The van der Waals surface area contributed by atoms with Gasteiger partial charge in [-0.25, -0.2) is 0 Å². The Kier molecular flexibility index (Phi) is 7.97. The second-order valence-electron chi connectivity index (χ2n) is 5.87. The molecule has 0 N–H and O–H groups in total. The maximum absolute atomic E-state index is 12.6. The van der Waals surface area contributed by atoms with Crippen LogP contribution in [-0.2, 0) is 11.3 Å². The summed E-state index contributed by atoms with van der Waals surface area (Å²) in [5, 5.41) is 9.17. The summed E-state index contributed by atoms with van der Waals surface area (Å²) in [6, 6.07) is 12.3. The molecule has 148 valence electrons. The molecule has 0 spiro atoms. The minimum Gasteiger partial charge on any atom is -0.493 e. The maximum atomic E-state index is 12.6. The fourth-order valence-corrected chi connectivity index (χ4v) is 2.84. The van der Waals surface area contributed by atoms with Crippen molar-refractivity contribution in [1.29, 1.82) is 5.26 Å². The molecule has 0 aliphatic heterocycles. The average Bonchev–Trinajstić information content (AvgIpc) is 2.71. The van der Waals surface area contributed by atoms with Crippen LogP contribution in [0.1, 0.15) is 25.0 Å². The largest absolute Gasteiger partial charge is 0.493 e. The van der Waals surface area contributed by atoms with Gasteiger partial charge in [0, 0.05) is 13.1 Å². The van der Waals surface area contributed by atoms with Crippen LogP contribution in [0, 0.1) is 11.3 Å². The van der Waals surface area contributed by atoms with Crippen LogP contribution in [0.15, 0.2) is 36.4 Å². The van der Waals surface area contributed by atoms with Gasteiger partial charge in [0.05, 0.1) is 30.4 Å². The van der Waals surface area contributed by atoms with E-state index in [4.69, 9.17) is 31.1 Å². The number of carbonyl (C=O) groups is 1. The highest BCUT2D eigenvalue weighted by Gasteiger charge is 2.15. The molecule has 28 heavy (non-hydrogen) atoms. The van der Waals surface area contributed by atoms with Crippen LogP contribution in [0.25, 0.3) is 0 Å². The Labute approximate surface area is 170 Å². The molecule has 0 radical (unpaired) electrons. The average molecular weight is 403 g/mol. The quantitative estimate of drug-likeness (QED) is 0.632. The van der Waals surface area contributed by atoms with Crippen molar-refractivity contribution in [2.75, 3.05) is 26.9 Å². The van der Waals surface area contributed by atoms with Crippen molar-refractivity contribution in [1.82, 2.24) is 4.90 Å². The lowest BCUT2D eigenvalue weighted by Crippen LogP contribution is -2.34. The molecule has 6 nitrogen and oxygen atoms in total. The molecule has 0 saturated carbocycles. The van der Waals surface area contributed by atoms with E-state index in [9.17, 15) is 4.79 Å². The van der Waals surface area contributed by atoms with Gasteiger partial charge in [0.2, 0.25) is 0 Å². The highest BCUT2D eigenvalue weighted by molar-refractivity contribution is 6.32. The van der Waals surface area contributed by atoms with E-state index >= 15 is 0 Å². The summed E-state index contributed by atoms with van der Waals surface area (Å²) in [7, 11) is 1.58. The molecule has 0 saturated heterocycles. The highest BCUT2D eigenvalue weighted by Crippen LogP contribution is 2.29. The van der Waals surface area contributed by atoms with Gasteiger partial charge in [0.1, 0.15) is 5.75 Å². The zero-order chi connectivity index (χ0) is 20.5. The van der Waals surface area contributed by atoms with Crippen molar-refractivity contribution in [3.8, 4) is 23.3 Å². The third-order valence-electron chi connectivity index (χ3n) is 4.05. The number of hydrogen-bond donors (Lipinski definition) is 0. The number of nitrogens with zero attached hydrogens (tertiary/aromatic N) is 2. The van der Waals surface area contributed by atoms with Crippen molar-refractivity contribution in [3.63, 3.8) is 0 Å². The molecule has 2 aromatic rings. The second-order valence-corrected chi connectivity index (χ2v) is 6.28. The number of amides is 1. The third kappa shape index (κ3) is 5.54. The monoisotopic (exact) mass is 402 g/mol. The summed E-state index contributed by atoms with van der Waals surface area (Å²) in [5.41, 5.74) is 1.36. The summed E-state index contributed by atoms with van der Waals surface area (Å²) < 4.78 is 16.4. The number of ether oxygens (including phenoxy) is 3. The van der Waals surface area contributed by atoms with E-state index in [1.54, 1.807) is 24.1 Å². The fourth-order valence-electron chi connectivity index (χ4n) is 2.60. The van der Waals surface area contributed by atoms with E-state index in [1.165, 1.54) is 6.07 Å². The van der Waals surface area contributed by atoms with Crippen LogP contribution in [0.4, 0.5) is 0 Å². The van der Waals surface area contributed by atoms with Gasteiger partial charge in [-0.3, -0.25) is 4.79 Å². The number of rotatable bonds is 9. The zero-order valence-corrected chi connectivity index (χ0v) is 17.0. The van der Waals surface area contributed by atoms with E-state index < -0.39 is 0 Å². The number of hydrogen-bond acceptors (Lipinski definition) is 5. The first kappa shape index (κ1) is 21.4. The Morgan fingerprint density at radius 1 is 1.11 bits per heavy atom. The lowest BCUT2D eigenvalue weighted by atomic mass is 10.2. The summed E-state index contributed by atoms with van der Waals surface area (Å²) in [4.78, 5) is 14.2. The standard InChI is InChI=1S/C21H23ClN2O4/c1-4-24(13-16-7-9-19(27-5-2)20(11-16)26-3)21(25)14-28-18-8-6-15(12-23)10-17(18)22/h6-11H,4-5,13-14H2,1-3H3. The lowest BCUT2D eigenvalue weighted by Gasteiger charge is -2.22. The normalized spacial score (nSPS) is 10.1. The first-order chi connectivity index (χ1) is 13.5. The van der Waals surface area contributed by atoms with Gasteiger partial charge < -0.3 is 19.1 Å². The van der Waals surface area contributed by atoms with Crippen LogP contribution in [0.2, 0.25) is 5.02 Å². The van der Waals surface area contributed by atoms with Crippen molar-refractivity contribution in [2.24, 2.45) is 0 Å². The molecule has 0 aromatic heterocycles. The van der Waals surface area contributed by atoms with Crippen molar-refractivity contribution in [3.05, 3.63) is 52.5 Å². The molecule has 1 amide bonds. The van der Waals surface area contributed by atoms with Crippen LogP contribution in [0.3, 0.4) is 0 Å². The Bertz CT molecular complexity index is 864. The number of benzene rings is 2. The lowest BCUT2D eigenvalue weighted by molar-refractivity contribution is -0.133. The van der Waals surface area contributed by atoms with E-state index in [1.807, 2.05) is 38.1 Å². The fraction of sp³-hybridized carbons (Fsp3) is 0.333. The molecule has 0 aliphatic carbocycles. The number of likely N-dealkylation sites (N-methyl/N-ethyl adjacent to an activating group) is 1. The van der Waals surface area contributed by atoms with E-state index in [0.29, 0.717) is 47.5 Å². The maximum Gasteiger partial charge on any atom is 0.260 e. The zero-order valence-electron chi connectivity index (χ0n) is 16.2. The Hall–Kier alpha value is -2.91. The Morgan fingerprint density at radius 2 is 1.86 bits per heavy atom. The first-order valence-corrected chi connectivity index (χ1v) is 9.30. The van der Waals surface area contributed by atoms with Gasteiger partial charge in [0.25, 0.3) is 5.91 Å². The van der Waals surface area contributed by atoms with E-state index in [2.05, 4.69) is 0 Å². The van der Waals surface area contributed by atoms with Crippen molar-refractivity contribution in [2.45, 2.75) is 20.4 Å². The number of nitriles is 1. The molecular formula is C21H23ClN2O4. The third-order valence-corrected chi connectivity index (χ3v) is 4.34.